The Hall–Kier alpha value is -1.03. The number of anilines is 1. The van der Waals surface area contributed by atoms with E-state index in [4.69, 9.17) is 0 Å². The van der Waals surface area contributed by atoms with Crippen molar-refractivity contribution in [2.45, 2.75) is 20.8 Å². The first-order valence-electron chi connectivity index (χ1n) is 5.08. The number of nitrogens with zero attached hydrogens (tertiary/aromatic N) is 1. The van der Waals surface area contributed by atoms with E-state index in [-0.39, 0.29) is 0 Å². The number of para-hydroxylation sites is 1. The number of hydrogen-bond acceptors (Lipinski definition) is 2. The molecule has 0 saturated carbocycles. The summed E-state index contributed by atoms with van der Waals surface area (Å²) in [6, 6.07) is 9.07. The zero-order chi connectivity index (χ0) is 11.9. The summed E-state index contributed by atoms with van der Waals surface area (Å²) in [5.41, 5.74) is 0.715. The summed E-state index contributed by atoms with van der Waals surface area (Å²) in [6.45, 7) is 6.27. The predicted octanol–water partition coefficient (Wildman–Crippen LogP) is 2.50. The van der Waals surface area contributed by atoms with Crippen molar-refractivity contribution in [3.8, 4) is 0 Å². The van der Waals surface area contributed by atoms with Crippen molar-refractivity contribution < 1.29 is 8.42 Å². The molecule has 0 saturated heterocycles. The van der Waals surface area contributed by atoms with Crippen LogP contribution in [-0.4, -0.2) is 21.2 Å². The highest BCUT2D eigenvalue weighted by molar-refractivity contribution is 7.92. The molecule has 0 atom stereocenters. The van der Waals surface area contributed by atoms with Crippen molar-refractivity contribution in [3.63, 3.8) is 0 Å². The van der Waals surface area contributed by atoms with Crippen LogP contribution in [0.4, 0.5) is 5.69 Å². The van der Waals surface area contributed by atoms with E-state index >= 15 is 0 Å². The summed E-state index contributed by atoms with van der Waals surface area (Å²) in [5, 5.41) is 0. The van der Waals surface area contributed by atoms with Crippen molar-refractivity contribution in [2.75, 3.05) is 17.1 Å². The van der Waals surface area contributed by atoms with Gasteiger partial charge in [0, 0.05) is 6.54 Å². The summed E-state index contributed by atoms with van der Waals surface area (Å²) in [7, 11) is -3.13. The van der Waals surface area contributed by atoms with Gasteiger partial charge in [-0.15, -0.1) is 0 Å². The SMILES string of the molecule is CC.CCN(c1ccccc1)S(C)(=O)=O. The maximum Gasteiger partial charge on any atom is 0.232 e. The van der Waals surface area contributed by atoms with E-state index in [0.717, 1.165) is 0 Å². The molecule has 86 valence electrons. The molecule has 0 fully saturated rings. The van der Waals surface area contributed by atoms with Gasteiger partial charge in [0.1, 0.15) is 0 Å². The molecule has 4 heteroatoms. The molecule has 1 aromatic carbocycles. The van der Waals surface area contributed by atoms with E-state index in [1.807, 2.05) is 39.0 Å². The van der Waals surface area contributed by atoms with Gasteiger partial charge in [-0.05, 0) is 19.1 Å². The minimum atomic E-state index is -3.13. The fraction of sp³-hybridized carbons (Fsp3) is 0.455. The molecule has 0 aliphatic carbocycles. The van der Waals surface area contributed by atoms with E-state index in [0.29, 0.717) is 12.2 Å². The average Bonchev–Trinajstić information content (AvgIpc) is 2.21. The van der Waals surface area contributed by atoms with Gasteiger partial charge in [-0.2, -0.15) is 0 Å². The molecular weight excluding hydrogens is 210 g/mol. The third-order valence-corrected chi connectivity index (χ3v) is 3.00. The van der Waals surface area contributed by atoms with Gasteiger partial charge in [0.15, 0.2) is 0 Å². The maximum atomic E-state index is 11.3. The van der Waals surface area contributed by atoms with Gasteiger partial charge in [-0.1, -0.05) is 32.0 Å². The van der Waals surface area contributed by atoms with Crippen LogP contribution in [0.3, 0.4) is 0 Å². The number of rotatable bonds is 3. The zero-order valence-corrected chi connectivity index (χ0v) is 10.6. The van der Waals surface area contributed by atoms with Gasteiger partial charge in [0.2, 0.25) is 10.0 Å². The number of hydrogen-bond donors (Lipinski definition) is 0. The molecule has 1 aromatic rings. The maximum absolute atomic E-state index is 11.3. The predicted molar refractivity (Wildman–Crippen MR) is 65.7 cm³/mol. The molecule has 0 unspecified atom stereocenters. The Morgan fingerprint density at radius 1 is 1.13 bits per heavy atom. The minimum Gasteiger partial charge on any atom is -0.271 e. The summed E-state index contributed by atoms with van der Waals surface area (Å²) < 4.78 is 23.9. The Labute approximate surface area is 92.8 Å². The smallest absolute Gasteiger partial charge is 0.232 e. The second-order valence-electron chi connectivity index (χ2n) is 2.76. The van der Waals surface area contributed by atoms with E-state index in [1.54, 1.807) is 12.1 Å². The Balaban J connectivity index is 0.000000921. The fourth-order valence-corrected chi connectivity index (χ4v) is 2.18. The first kappa shape index (κ1) is 14.0. The average molecular weight is 229 g/mol. The van der Waals surface area contributed by atoms with E-state index in [1.165, 1.54) is 10.6 Å². The fourth-order valence-electron chi connectivity index (χ4n) is 1.20. The van der Waals surface area contributed by atoms with Crippen LogP contribution in [0.2, 0.25) is 0 Å². The van der Waals surface area contributed by atoms with Crippen LogP contribution < -0.4 is 4.31 Å². The van der Waals surface area contributed by atoms with Gasteiger partial charge < -0.3 is 0 Å². The molecule has 0 aliphatic rings. The molecule has 0 aliphatic heterocycles. The molecule has 0 heterocycles. The van der Waals surface area contributed by atoms with Crippen molar-refractivity contribution in [1.82, 2.24) is 0 Å². The Morgan fingerprint density at radius 3 is 1.93 bits per heavy atom. The first-order valence-corrected chi connectivity index (χ1v) is 6.93. The highest BCUT2D eigenvalue weighted by Gasteiger charge is 2.13. The minimum absolute atomic E-state index is 0.461. The molecule has 0 radical (unpaired) electrons. The third-order valence-electron chi connectivity index (χ3n) is 1.73. The lowest BCUT2D eigenvalue weighted by molar-refractivity contribution is 0.598. The lowest BCUT2D eigenvalue weighted by Crippen LogP contribution is -2.29. The Bertz CT molecular complexity index is 359. The lowest BCUT2D eigenvalue weighted by Gasteiger charge is -2.19. The summed E-state index contributed by atoms with van der Waals surface area (Å²) in [5.74, 6) is 0. The van der Waals surface area contributed by atoms with Crippen LogP contribution in [0, 0.1) is 0 Å². The van der Waals surface area contributed by atoms with E-state index in [9.17, 15) is 8.42 Å². The second kappa shape index (κ2) is 6.45. The zero-order valence-electron chi connectivity index (χ0n) is 9.77. The molecule has 0 amide bonds. The van der Waals surface area contributed by atoms with E-state index < -0.39 is 10.0 Å². The molecule has 0 N–H and O–H groups in total. The monoisotopic (exact) mass is 229 g/mol. The van der Waals surface area contributed by atoms with Crippen LogP contribution in [0.1, 0.15) is 20.8 Å². The van der Waals surface area contributed by atoms with E-state index in [2.05, 4.69) is 0 Å². The number of sulfonamides is 1. The van der Waals surface area contributed by atoms with Crippen molar-refractivity contribution in [2.24, 2.45) is 0 Å². The topological polar surface area (TPSA) is 37.4 Å². The van der Waals surface area contributed by atoms with Crippen molar-refractivity contribution >= 4 is 15.7 Å². The number of benzene rings is 1. The molecular formula is C11H19NO2S. The van der Waals surface area contributed by atoms with Gasteiger partial charge in [0.05, 0.1) is 11.9 Å². The first-order chi connectivity index (χ1) is 7.05. The third kappa shape index (κ3) is 4.34. The lowest BCUT2D eigenvalue weighted by atomic mass is 10.3. The van der Waals surface area contributed by atoms with Crippen LogP contribution in [0.15, 0.2) is 30.3 Å². The highest BCUT2D eigenvalue weighted by Crippen LogP contribution is 2.15. The van der Waals surface area contributed by atoms with Crippen LogP contribution in [0.25, 0.3) is 0 Å². The standard InChI is InChI=1S/C9H13NO2S.C2H6/c1-3-10(13(2,11)12)9-7-5-4-6-8-9;1-2/h4-8H,3H2,1-2H3;1-2H3. The largest absolute Gasteiger partial charge is 0.271 e. The van der Waals surface area contributed by atoms with Crippen LogP contribution >= 0.6 is 0 Å². The molecule has 15 heavy (non-hydrogen) atoms. The van der Waals surface area contributed by atoms with Gasteiger partial charge in [-0.3, -0.25) is 4.31 Å². The highest BCUT2D eigenvalue weighted by atomic mass is 32.2. The molecule has 1 rings (SSSR count). The second-order valence-corrected chi connectivity index (χ2v) is 4.67. The summed E-state index contributed by atoms with van der Waals surface area (Å²) >= 11 is 0. The normalized spacial score (nSPS) is 10.1. The molecule has 3 nitrogen and oxygen atoms in total. The molecule has 0 aromatic heterocycles. The molecule has 0 bridgehead atoms. The Kier molecular flexibility index (Phi) is 6.01. The molecule has 0 spiro atoms. The van der Waals surface area contributed by atoms with Gasteiger partial charge in [-0.25, -0.2) is 8.42 Å². The Morgan fingerprint density at radius 2 is 1.60 bits per heavy atom. The quantitative estimate of drug-likeness (QED) is 0.798. The van der Waals surface area contributed by atoms with Crippen molar-refractivity contribution in [3.05, 3.63) is 30.3 Å². The van der Waals surface area contributed by atoms with Crippen LogP contribution in [0.5, 0.6) is 0 Å². The summed E-state index contributed by atoms with van der Waals surface area (Å²) in [4.78, 5) is 0. The summed E-state index contributed by atoms with van der Waals surface area (Å²) in [6.07, 6.45) is 1.21. The van der Waals surface area contributed by atoms with Crippen LogP contribution in [-0.2, 0) is 10.0 Å². The van der Waals surface area contributed by atoms with Gasteiger partial charge >= 0.3 is 0 Å². The van der Waals surface area contributed by atoms with Crippen molar-refractivity contribution in [1.29, 1.82) is 0 Å². The van der Waals surface area contributed by atoms with Gasteiger partial charge in [0.25, 0.3) is 0 Å².